The summed E-state index contributed by atoms with van der Waals surface area (Å²) in [5.41, 5.74) is -0.503. The summed E-state index contributed by atoms with van der Waals surface area (Å²) in [4.78, 5) is 36.9. The summed E-state index contributed by atoms with van der Waals surface area (Å²) < 4.78 is 10.1. The zero-order valence-electron chi connectivity index (χ0n) is 15.2. The first-order chi connectivity index (χ1) is 12.4. The Morgan fingerprint density at radius 3 is 2.35 bits per heavy atom. The van der Waals surface area contributed by atoms with Crippen LogP contribution in [0.25, 0.3) is 0 Å². The number of hydrogen-bond donors (Lipinski definition) is 2. The van der Waals surface area contributed by atoms with Crippen molar-refractivity contribution < 1.29 is 29.0 Å². The van der Waals surface area contributed by atoms with E-state index < -0.39 is 23.6 Å². The van der Waals surface area contributed by atoms with Crippen LogP contribution in [0.15, 0.2) is 24.3 Å². The Kier molecular flexibility index (Phi) is 6.20. The van der Waals surface area contributed by atoms with Crippen LogP contribution in [0.4, 0.5) is 4.79 Å². The van der Waals surface area contributed by atoms with Gasteiger partial charge in [-0.15, -0.1) is 0 Å². The van der Waals surface area contributed by atoms with Crippen molar-refractivity contribution in [3.8, 4) is 5.75 Å². The highest BCUT2D eigenvalue weighted by molar-refractivity contribution is 6.07. The standard InChI is InChI=1S/C18H24N2O6/c1-4-18(5-2)16(23)20(17(24)19-18)10-13(21)11-26-14-8-6-12(7-9-14)15(22)25-3/h6-9,13,21H,4-5,10-11H2,1-3H3,(H,19,24). The van der Waals surface area contributed by atoms with Crippen molar-refractivity contribution in [2.45, 2.75) is 38.3 Å². The van der Waals surface area contributed by atoms with Crippen molar-refractivity contribution in [2.24, 2.45) is 0 Å². The van der Waals surface area contributed by atoms with Crippen LogP contribution in [0.5, 0.6) is 5.75 Å². The third-order valence-electron chi connectivity index (χ3n) is 4.56. The van der Waals surface area contributed by atoms with E-state index >= 15 is 0 Å². The molecule has 8 heteroatoms. The first kappa shape index (κ1) is 19.7. The second-order valence-corrected chi connectivity index (χ2v) is 6.12. The molecule has 0 bridgehead atoms. The molecule has 1 heterocycles. The van der Waals surface area contributed by atoms with Gasteiger partial charge in [-0.05, 0) is 37.1 Å². The smallest absolute Gasteiger partial charge is 0.337 e. The van der Waals surface area contributed by atoms with Gasteiger partial charge in [0.1, 0.15) is 24.0 Å². The summed E-state index contributed by atoms with van der Waals surface area (Å²) in [6.07, 6.45) is -0.0533. The van der Waals surface area contributed by atoms with Gasteiger partial charge >= 0.3 is 12.0 Å². The Labute approximate surface area is 152 Å². The van der Waals surface area contributed by atoms with Crippen molar-refractivity contribution in [3.05, 3.63) is 29.8 Å². The first-order valence-corrected chi connectivity index (χ1v) is 8.50. The average molecular weight is 364 g/mol. The van der Waals surface area contributed by atoms with E-state index in [1.807, 2.05) is 13.8 Å². The lowest BCUT2D eigenvalue weighted by Crippen LogP contribution is -2.46. The minimum Gasteiger partial charge on any atom is -0.491 e. The van der Waals surface area contributed by atoms with Crippen LogP contribution in [0, 0.1) is 0 Å². The van der Waals surface area contributed by atoms with Crippen LogP contribution >= 0.6 is 0 Å². The second-order valence-electron chi connectivity index (χ2n) is 6.12. The molecule has 0 radical (unpaired) electrons. The molecule has 3 amide bonds. The Morgan fingerprint density at radius 1 is 1.23 bits per heavy atom. The van der Waals surface area contributed by atoms with Gasteiger partial charge in [-0.2, -0.15) is 0 Å². The predicted molar refractivity (Wildman–Crippen MR) is 92.8 cm³/mol. The number of carbonyl (C=O) groups excluding carboxylic acids is 3. The third-order valence-corrected chi connectivity index (χ3v) is 4.56. The van der Waals surface area contributed by atoms with Crippen molar-refractivity contribution in [2.75, 3.05) is 20.3 Å². The number of urea groups is 1. The molecule has 1 aromatic carbocycles. The highest BCUT2D eigenvalue weighted by Gasteiger charge is 2.48. The van der Waals surface area contributed by atoms with Crippen molar-refractivity contribution in [1.29, 1.82) is 0 Å². The highest BCUT2D eigenvalue weighted by atomic mass is 16.5. The molecule has 1 aromatic rings. The quantitative estimate of drug-likeness (QED) is 0.532. The number of methoxy groups -OCH3 is 1. The van der Waals surface area contributed by atoms with Crippen LogP contribution in [-0.4, -0.2) is 59.8 Å². The highest BCUT2D eigenvalue weighted by Crippen LogP contribution is 2.25. The van der Waals surface area contributed by atoms with Gasteiger partial charge in [0, 0.05) is 0 Å². The summed E-state index contributed by atoms with van der Waals surface area (Å²) in [6, 6.07) is 5.74. The number of aliphatic hydroxyl groups excluding tert-OH is 1. The molecule has 1 saturated heterocycles. The molecule has 1 fully saturated rings. The van der Waals surface area contributed by atoms with Crippen molar-refractivity contribution in [3.63, 3.8) is 0 Å². The van der Waals surface area contributed by atoms with Gasteiger partial charge in [0.05, 0.1) is 19.2 Å². The van der Waals surface area contributed by atoms with Crippen LogP contribution in [-0.2, 0) is 9.53 Å². The fraction of sp³-hybridized carbons (Fsp3) is 0.500. The van der Waals surface area contributed by atoms with E-state index in [1.54, 1.807) is 24.3 Å². The maximum absolute atomic E-state index is 12.5. The average Bonchev–Trinajstić information content (AvgIpc) is 2.90. The molecule has 1 aliphatic rings. The topological polar surface area (TPSA) is 105 Å². The molecule has 0 aliphatic carbocycles. The Hall–Kier alpha value is -2.61. The lowest BCUT2D eigenvalue weighted by atomic mass is 9.93. The molecule has 1 aliphatic heterocycles. The zero-order chi connectivity index (χ0) is 19.3. The summed E-state index contributed by atoms with van der Waals surface area (Å²) in [6.45, 7) is 3.43. The largest absolute Gasteiger partial charge is 0.491 e. The third kappa shape index (κ3) is 3.96. The lowest BCUT2D eigenvalue weighted by molar-refractivity contribution is -0.132. The number of imide groups is 1. The number of ether oxygens (including phenoxy) is 2. The molecule has 2 N–H and O–H groups in total. The van der Waals surface area contributed by atoms with Gasteiger partial charge in [-0.1, -0.05) is 13.8 Å². The van der Waals surface area contributed by atoms with Crippen LogP contribution in [0.3, 0.4) is 0 Å². The Bertz CT molecular complexity index is 669. The van der Waals surface area contributed by atoms with Crippen molar-refractivity contribution in [1.82, 2.24) is 10.2 Å². The molecule has 26 heavy (non-hydrogen) atoms. The lowest BCUT2D eigenvalue weighted by Gasteiger charge is -2.23. The van der Waals surface area contributed by atoms with E-state index in [0.29, 0.717) is 24.2 Å². The van der Waals surface area contributed by atoms with E-state index in [-0.39, 0.29) is 19.1 Å². The van der Waals surface area contributed by atoms with Gasteiger partial charge < -0.3 is 19.9 Å². The number of carbonyl (C=O) groups is 3. The summed E-state index contributed by atoms with van der Waals surface area (Å²) in [5.74, 6) is -0.329. The zero-order valence-corrected chi connectivity index (χ0v) is 15.2. The maximum atomic E-state index is 12.5. The number of β-amino-alcohol motifs (C(OH)–C–C–N with tert-alkyl or cyclic N) is 1. The molecule has 0 saturated carbocycles. The number of hydrogen-bond acceptors (Lipinski definition) is 6. The molecule has 0 aromatic heterocycles. The minimum absolute atomic E-state index is 0.0973. The Morgan fingerprint density at radius 2 is 1.85 bits per heavy atom. The fourth-order valence-corrected chi connectivity index (χ4v) is 2.83. The van der Waals surface area contributed by atoms with E-state index in [1.165, 1.54) is 7.11 Å². The number of amides is 3. The molecule has 142 valence electrons. The SMILES string of the molecule is CCC1(CC)NC(=O)N(CC(O)COc2ccc(C(=O)OC)cc2)C1=O. The monoisotopic (exact) mass is 364 g/mol. The number of aliphatic hydroxyl groups is 1. The number of esters is 1. The number of benzene rings is 1. The van der Waals surface area contributed by atoms with Crippen LogP contribution < -0.4 is 10.1 Å². The van der Waals surface area contributed by atoms with E-state index in [2.05, 4.69) is 10.1 Å². The molecular weight excluding hydrogens is 340 g/mol. The van der Waals surface area contributed by atoms with Crippen molar-refractivity contribution >= 4 is 17.9 Å². The minimum atomic E-state index is -1.03. The molecule has 0 spiro atoms. The van der Waals surface area contributed by atoms with Gasteiger partial charge in [-0.3, -0.25) is 9.69 Å². The number of rotatable bonds is 8. The maximum Gasteiger partial charge on any atom is 0.337 e. The fourth-order valence-electron chi connectivity index (χ4n) is 2.83. The summed E-state index contributed by atoms with van der Waals surface area (Å²) in [7, 11) is 1.30. The van der Waals surface area contributed by atoms with Gasteiger partial charge in [0.25, 0.3) is 5.91 Å². The Balaban J connectivity index is 1.91. The molecule has 1 unspecified atom stereocenters. The van der Waals surface area contributed by atoms with E-state index in [0.717, 1.165) is 4.90 Å². The van der Waals surface area contributed by atoms with Gasteiger partial charge in [0.15, 0.2) is 0 Å². The summed E-state index contributed by atoms with van der Waals surface area (Å²) >= 11 is 0. The first-order valence-electron chi connectivity index (χ1n) is 8.50. The summed E-state index contributed by atoms with van der Waals surface area (Å²) in [5, 5.41) is 12.8. The molecule has 2 rings (SSSR count). The number of nitrogens with one attached hydrogen (secondary N) is 1. The van der Waals surface area contributed by atoms with E-state index in [9.17, 15) is 19.5 Å². The number of nitrogens with zero attached hydrogens (tertiary/aromatic N) is 1. The second kappa shape index (κ2) is 8.18. The van der Waals surface area contributed by atoms with E-state index in [4.69, 9.17) is 4.74 Å². The molecular formula is C18H24N2O6. The van der Waals surface area contributed by atoms with Gasteiger partial charge in [0.2, 0.25) is 0 Å². The predicted octanol–water partition coefficient (Wildman–Crippen LogP) is 1.32. The molecule has 1 atom stereocenters. The normalized spacial score (nSPS) is 17.0. The van der Waals surface area contributed by atoms with Gasteiger partial charge in [-0.25, -0.2) is 9.59 Å². The van der Waals surface area contributed by atoms with Crippen LogP contribution in [0.2, 0.25) is 0 Å². The van der Waals surface area contributed by atoms with Crippen LogP contribution in [0.1, 0.15) is 37.0 Å². The molecule has 8 nitrogen and oxygen atoms in total.